The van der Waals surface area contributed by atoms with Crippen LogP contribution >= 0.6 is 0 Å². The van der Waals surface area contributed by atoms with Crippen LogP contribution in [-0.4, -0.2) is 6.21 Å². The fraction of sp³-hybridized carbons (Fsp3) is 0.864. The number of nitrogens with one attached hydrogen (secondary N) is 1. The largest absolute Gasteiger partial charge is 0.283 e. The second-order valence-electron chi connectivity index (χ2n) is 8.36. The maximum absolute atomic E-state index is 4.44. The first-order valence-corrected chi connectivity index (χ1v) is 10.7. The van der Waals surface area contributed by atoms with E-state index in [1.54, 1.807) is 5.57 Å². The van der Waals surface area contributed by atoms with Crippen molar-refractivity contribution in [2.45, 2.75) is 98.3 Å². The summed E-state index contributed by atoms with van der Waals surface area (Å²) in [6.07, 6.45) is 17.4. The normalized spacial score (nSPS) is 24.8. The predicted molar refractivity (Wildman–Crippen MR) is 106 cm³/mol. The Morgan fingerprint density at radius 1 is 1.08 bits per heavy atom. The highest BCUT2D eigenvalue weighted by Crippen LogP contribution is 2.39. The molecule has 1 saturated carbocycles. The van der Waals surface area contributed by atoms with E-state index in [9.17, 15) is 0 Å². The van der Waals surface area contributed by atoms with Crippen LogP contribution in [0, 0.1) is 23.7 Å². The SMILES string of the molecule is CCCCC(CCCC)C1CCCC2C=NNC(C(C)C)=C2CC1. The third-order valence-electron chi connectivity index (χ3n) is 6.21. The Morgan fingerprint density at radius 2 is 1.79 bits per heavy atom. The maximum atomic E-state index is 4.44. The molecular formula is C22H40N2. The molecule has 2 rings (SSSR count). The number of fused-ring (bicyclic) bond motifs is 1. The molecule has 2 nitrogen and oxygen atoms in total. The molecule has 0 bridgehead atoms. The Bertz CT molecular complexity index is 414. The minimum atomic E-state index is 0.564. The lowest BCUT2D eigenvalue weighted by atomic mass is 9.73. The molecule has 0 aromatic heterocycles. The van der Waals surface area contributed by atoms with Crippen molar-refractivity contribution in [3.8, 4) is 0 Å². The molecule has 1 aliphatic carbocycles. The van der Waals surface area contributed by atoms with Crippen molar-refractivity contribution < 1.29 is 0 Å². The molecule has 1 aliphatic heterocycles. The predicted octanol–water partition coefficient (Wildman–Crippen LogP) is 6.68. The van der Waals surface area contributed by atoms with Crippen molar-refractivity contribution in [3.05, 3.63) is 11.3 Å². The number of rotatable bonds is 8. The van der Waals surface area contributed by atoms with Crippen molar-refractivity contribution in [1.29, 1.82) is 0 Å². The van der Waals surface area contributed by atoms with E-state index in [1.807, 2.05) is 0 Å². The summed E-state index contributed by atoms with van der Waals surface area (Å²) in [4.78, 5) is 0. The molecule has 1 heterocycles. The van der Waals surface area contributed by atoms with Gasteiger partial charge in [-0.1, -0.05) is 79.1 Å². The molecule has 2 heteroatoms. The van der Waals surface area contributed by atoms with Gasteiger partial charge >= 0.3 is 0 Å². The van der Waals surface area contributed by atoms with Gasteiger partial charge in [-0.2, -0.15) is 5.10 Å². The Hall–Kier alpha value is -0.790. The van der Waals surface area contributed by atoms with Gasteiger partial charge in [0.25, 0.3) is 0 Å². The van der Waals surface area contributed by atoms with Gasteiger partial charge in [0.1, 0.15) is 0 Å². The third kappa shape index (κ3) is 5.36. The fourth-order valence-corrected chi connectivity index (χ4v) is 4.73. The zero-order valence-corrected chi connectivity index (χ0v) is 16.6. The number of nitrogens with zero attached hydrogens (tertiary/aromatic N) is 1. The van der Waals surface area contributed by atoms with Crippen molar-refractivity contribution in [2.75, 3.05) is 0 Å². The van der Waals surface area contributed by atoms with Crippen molar-refractivity contribution >= 4 is 6.21 Å². The molecule has 0 aromatic rings. The first kappa shape index (κ1) is 19.5. The Labute approximate surface area is 150 Å². The second kappa shape index (κ2) is 10.3. The van der Waals surface area contributed by atoms with E-state index in [0.29, 0.717) is 11.8 Å². The second-order valence-corrected chi connectivity index (χ2v) is 8.36. The third-order valence-corrected chi connectivity index (χ3v) is 6.21. The zero-order chi connectivity index (χ0) is 17.4. The lowest BCUT2D eigenvalue weighted by molar-refractivity contribution is 0.236. The summed E-state index contributed by atoms with van der Waals surface area (Å²) in [6, 6.07) is 0. The van der Waals surface area contributed by atoms with Gasteiger partial charge in [-0.25, -0.2) is 0 Å². The van der Waals surface area contributed by atoms with Crippen LogP contribution in [0.5, 0.6) is 0 Å². The van der Waals surface area contributed by atoms with E-state index in [1.165, 1.54) is 76.3 Å². The average Bonchev–Trinajstić information content (AvgIpc) is 2.56. The zero-order valence-electron chi connectivity index (χ0n) is 16.6. The number of hydrazone groups is 1. The molecule has 2 aliphatic rings. The standard InChI is InChI=1S/C22H40N2/c1-5-7-10-18(11-8-6-2)19-12-9-13-20-16-23-24-22(17(3)4)21(20)15-14-19/h16-20,24H,5-15H2,1-4H3. The van der Waals surface area contributed by atoms with Gasteiger partial charge in [-0.3, -0.25) is 5.43 Å². The molecule has 2 atom stereocenters. The topological polar surface area (TPSA) is 24.4 Å². The molecule has 0 saturated heterocycles. The van der Waals surface area contributed by atoms with Gasteiger partial charge in [-0.05, 0) is 42.6 Å². The Kier molecular flexibility index (Phi) is 8.35. The summed E-state index contributed by atoms with van der Waals surface area (Å²) < 4.78 is 0. The van der Waals surface area contributed by atoms with Gasteiger partial charge < -0.3 is 0 Å². The molecule has 0 spiro atoms. The number of unbranched alkanes of at least 4 members (excludes halogenated alkanes) is 2. The van der Waals surface area contributed by atoms with Crippen molar-refractivity contribution in [2.24, 2.45) is 28.8 Å². The summed E-state index contributed by atoms with van der Waals surface area (Å²) in [7, 11) is 0. The van der Waals surface area contributed by atoms with Gasteiger partial charge in [-0.15, -0.1) is 0 Å². The maximum Gasteiger partial charge on any atom is 0.0359 e. The molecule has 1 N–H and O–H groups in total. The van der Waals surface area contributed by atoms with Crippen molar-refractivity contribution in [1.82, 2.24) is 5.43 Å². The van der Waals surface area contributed by atoms with Crippen LogP contribution in [0.3, 0.4) is 0 Å². The summed E-state index contributed by atoms with van der Waals surface area (Å²) in [5.41, 5.74) is 6.42. The van der Waals surface area contributed by atoms with E-state index >= 15 is 0 Å². The summed E-state index contributed by atoms with van der Waals surface area (Å²) in [6.45, 7) is 9.28. The lowest BCUT2D eigenvalue weighted by Crippen LogP contribution is -2.27. The van der Waals surface area contributed by atoms with Gasteiger partial charge in [0, 0.05) is 17.8 Å². The van der Waals surface area contributed by atoms with Crippen LogP contribution in [0.1, 0.15) is 98.3 Å². The molecule has 1 fully saturated rings. The van der Waals surface area contributed by atoms with Crippen LogP contribution in [0.25, 0.3) is 0 Å². The van der Waals surface area contributed by atoms with E-state index in [-0.39, 0.29) is 0 Å². The summed E-state index contributed by atoms with van der Waals surface area (Å²) in [5, 5.41) is 4.44. The quantitative estimate of drug-likeness (QED) is 0.527. The Morgan fingerprint density at radius 3 is 2.42 bits per heavy atom. The van der Waals surface area contributed by atoms with Crippen molar-refractivity contribution in [3.63, 3.8) is 0 Å². The minimum Gasteiger partial charge on any atom is -0.283 e. The van der Waals surface area contributed by atoms with Crippen LogP contribution in [-0.2, 0) is 0 Å². The summed E-state index contributed by atoms with van der Waals surface area (Å²) >= 11 is 0. The molecule has 0 amide bonds. The monoisotopic (exact) mass is 332 g/mol. The van der Waals surface area contributed by atoms with E-state index in [2.05, 4.69) is 44.4 Å². The molecular weight excluding hydrogens is 292 g/mol. The molecule has 138 valence electrons. The van der Waals surface area contributed by atoms with Crippen LogP contribution in [0.15, 0.2) is 16.4 Å². The molecule has 24 heavy (non-hydrogen) atoms. The van der Waals surface area contributed by atoms with Gasteiger partial charge in [0.05, 0.1) is 0 Å². The Balaban J connectivity index is 2.06. The fourth-order valence-electron chi connectivity index (χ4n) is 4.73. The lowest BCUT2D eigenvalue weighted by Gasteiger charge is -2.34. The van der Waals surface area contributed by atoms with Crippen LogP contribution in [0.2, 0.25) is 0 Å². The van der Waals surface area contributed by atoms with E-state index in [0.717, 1.165) is 11.8 Å². The van der Waals surface area contributed by atoms with Crippen LogP contribution < -0.4 is 5.43 Å². The molecule has 0 aromatic carbocycles. The first-order valence-electron chi connectivity index (χ1n) is 10.7. The highest BCUT2D eigenvalue weighted by Gasteiger charge is 2.28. The van der Waals surface area contributed by atoms with Crippen LogP contribution in [0.4, 0.5) is 0 Å². The number of allylic oxidation sites excluding steroid dienone is 2. The first-order chi connectivity index (χ1) is 11.7. The molecule has 0 radical (unpaired) electrons. The number of hydrogen-bond donors (Lipinski definition) is 1. The highest BCUT2D eigenvalue weighted by molar-refractivity contribution is 5.67. The van der Waals surface area contributed by atoms with Gasteiger partial charge in [0.15, 0.2) is 0 Å². The number of hydrogen-bond acceptors (Lipinski definition) is 2. The minimum absolute atomic E-state index is 0.564. The van der Waals surface area contributed by atoms with E-state index in [4.69, 9.17) is 0 Å². The van der Waals surface area contributed by atoms with E-state index < -0.39 is 0 Å². The highest BCUT2D eigenvalue weighted by atomic mass is 15.3. The molecule has 2 unspecified atom stereocenters. The van der Waals surface area contributed by atoms with Gasteiger partial charge in [0.2, 0.25) is 0 Å². The average molecular weight is 333 g/mol. The summed E-state index contributed by atoms with van der Waals surface area (Å²) in [5.74, 6) is 3.08. The smallest absolute Gasteiger partial charge is 0.0359 e.